The Labute approximate surface area is 138 Å². The molecule has 0 heterocycles. The summed E-state index contributed by atoms with van der Waals surface area (Å²) in [6, 6.07) is 12.7. The molecule has 2 rings (SSSR count). The highest BCUT2D eigenvalue weighted by atomic mass is 16.4. The molecule has 124 valence electrons. The van der Waals surface area contributed by atoms with Crippen molar-refractivity contribution in [3.05, 3.63) is 59.7 Å². The number of ketones is 1. The summed E-state index contributed by atoms with van der Waals surface area (Å²) in [6.45, 7) is 0. The standard InChI is InChI=1S/C18H17NO5/c20-15(12-5-2-1-3-6-12)7-4-8-17(22)19-13-9-10-14(18(23)24)16(21)11-13/h1-3,5-6,9-11,21H,4,7-8H2,(H,19,22)(H,23,24). The van der Waals surface area contributed by atoms with Gasteiger partial charge in [-0.25, -0.2) is 4.79 Å². The zero-order valence-electron chi connectivity index (χ0n) is 12.9. The maximum absolute atomic E-state index is 11.9. The second-order valence-electron chi connectivity index (χ2n) is 5.23. The molecule has 0 unspecified atom stereocenters. The van der Waals surface area contributed by atoms with Gasteiger partial charge in [-0.3, -0.25) is 9.59 Å². The van der Waals surface area contributed by atoms with E-state index in [1.54, 1.807) is 24.3 Å². The molecule has 3 N–H and O–H groups in total. The monoisotopic (exact) mass is 327 g/mol. The fourth-order valence-corrected chi connectivity index (χ4v) is 2.19. The molecule has 0 saturated heterocycles. The number of hydrogen-bond donors (Lipinski definition) is 3. The van der Waals surface area contributed by atoms with Crippen LogP contribution in [0.1, 0.15) is 40.0 Å². The molecule has 6 heteroatoms. The molecule has 2 aromatic rings. The summed E-state index contributed by atoms with van der Waals surface area (Å²) in [5.74, 6) is -1.99. The quantitative estimate of drug-likeness (QED) is 0.678. The molecule has 0 saturated carbocycles. The lowest BCUT2D eigenvalue weighted by Gasteiger charge is -2.07. The minimum atomic E-state index is -1.25. The number of amides is 1. The van der Waals surface area contributed by atoms with Gasteiger partial charge >= 0.3 is 5.97 Å². The number of carbonyl (C=O) groups excluding carboxylic acids is 2. The zero-order valence-corrected chi connectivity index (χ0v) is 12.9. The number of anilines is 1. The van der Waals surface area contributed by atoms with E-state index in [2.05, 4.69) is 5.32 Å². The van der Waals surface area contributed by atoms with E-state index in [0.717, 1.165) is 0 Å². The summed E-state index contributed by atoms with van der Waals surface area (Å²) in [4.78, 5) is 34.5. The fraction of sp³-hybridized carbons (Fsp3) is 0.167. The number of carboxylic acids is 1. The van der Waals surface area contributed by atoms with Gasteiger partial charge < -0.3 is 15.5 Å². The number of phenols is 1. The molecule has 0 aliphatic rings. The van der Waals surface area contributed by atoms with E-state index >= 15 is 0 Å². The zero-order chi connectivity index (χ0) is 17.5. The molecule has 2 aromatic carbocycles. The first-order valence-electron chi connectivity index (χ1n) is 7.42. The topological polar surface area (TPSA) is 104 Å². The van der Waals surface area contributed by atoms with Crippen LogP contribution in [0.3, 0.4) is 0 Å². The van der Waals surface area contributed by atoms with Gasteiger partial charge in [-0.05, 0) is 18.6 Å². The van der Waals surface area contributed by atoms with E-state index in [0.29, 0.717) is 17.7 Å². The lowest BCUT2D eigenvalue weighted by atomic mass is 10.1. The Balaban J connectivity index is 1.82. The van der Waals surface area contributed by atoms with Crippen LogP contribution in [-0.2, 0) is 4.79 Å². The van der Waals surface area contributed by atoms with Gasteiger partial charge in [0.15, 0.2) is 5.78 Å². The number of Topliss-reactive ketones (excluding diaryl/α,β-unsaturated/α-hetero) is 1. The Hall–Kier alpha value is -3.15. The molecule has 1 amide bonds. The first-order valence-corrected chi connectivity index (χ1v) is 7.42. The molecule has 0 radical (unpaired) electrons. The average Bonchev–Trinajstić information content (AvgIpc) is 2.55. The minimum absolute atomic E-state index is 0.0214. The van der Waals surface area contributed by atoms with E-state index in [-0.39, 0.29) is 30.1 Å². The molecular weight excluding hydrogens is 310 g/mol. The normalized spacial score (nSPS) is 10.2. The van der Waals surface area contributed by atoms with Gasteiger partial charge in [0.2, 0.25) is 5.91 Å². The van der Waals surface area contributed by atoms with E-state index < -0.39 is 11.7 Å². The van der Waals surface area contributed by atoms with Crippen molar-refractivity contribution < 1.29 is 24.6 Å². The second-order valence-corrected chi connectivity index (χ2v) is 5.23. The summed E-state index contributed by atoms with van der Waals surface area (Å²) in [7, 11) is 0. The predicted molar refractivity (Wildman–Crippen MR) is 88.3 cm³/mol. The number of hydrogen-bond acceptors (Lipinski definition) is 4. The predicted octanol–water partition coefficient (Wildman–Crippen LogP) is 3.08. The second kappa shape index (κ2) is 7.92. The molecular formula is C18H17NO5. The number of carboxylic acid groups (broad SMARTS) is 1. The summed E-state index contributed by atoms with van der Waals surface area (Å²) in [5.41, 5.74) is 0.686. The van der Waals surface area contributed by atoms with Gasteiger partial charge in [0.05, 0.1) is 0 Å². The lowest BCUT2D eigenvalue weighted by molar-refractivity contribution is -0.116. The molecule has 0 fully saturated rings. The van der Waals surface area contributed by atoms with Crippen LogP contribution < -0.4 is 5.32 Å². The Kier molecular flexibility index (Phi) is 5.68. The van der Waals surface area contributed by atoms with Gasteiger partial charge in [-0.1, -0.05) is 30.3 Å². The van der Waals surface area contributed by atoms with Gasteiger partial charge in [-0.2, -0.15) is 0 Å². The van der Waals surface area contributed by atoms with Gasteiger partial charge in [0.25, 0.3) is 0 Å². The lowest BCUT2D eigenvalue weighted by Crippen LogP contribution is -2.12. The highest BCUT2D eigenvalue weighted by molar-refractivity contribution is 5.97. The molecule has 0 aliphatic heterocycles. The van der Waals surface area contributed by atoms with Gasteiger partial charge in [-0.15, -0.1) is 0 Å². The number of carbonyl (C=O) groups is 3. The van der Waals surface area contributed by atoms with Gasteiger partial charge in [0, 0.05) is 30.2 Å². The molecule has 0 aliphatic carbocycles. The minimum Gasteiger partial charge on any atom is -0.507 e. The number of rotatable bonds is 7. The maximum atomic E-state index is 11.9. The summed E-state index contributed by atoms with van der Waals surface area (Å²) in [5, 5.41) is 21.0. The van der Waals surface area contributed by atoms with Crippen LogP contribution in [-0.4, -0.2) is 27.9 Å². The van der Waals surface area contributed by atoms with Crippen LogP contribution >= 0.6 is 0 Å². The Morgan fingerprint density at radius 1 is 0.958 bits per heavy atom. The maximum Gasteiger partial charge on any atom is 0.339 e. The van der Waals surface area contributed by atoms with Gasteiger partial charge in [0.1, 0.15) is 11.3 Å². The van der Waals surface area contributed by atoms with Crippen molar-refractivity contribution in [2.24, 2.45) is 0 Å². The Bertz CT molecular complexity index is 755. The van der Waals surface area contributed by atoms with E-state index in [9.17, 15) is 19.5 Å². The molecule has 6 nitrogen and oxygen atoms in total. The molecule has 24 heavy (non-hydrogen) atoms. The molecule has 0 atom stereocenters. The third-order valence-electron chi connectivity index (χ3n) is 3.42. The van der Waals surface area contributed by atoms with Crippen molar-refractivity contribution in [3.63, 3.8) is 0 Å². The van der Waals surface area contributed by atoms with E-state index in [1.807, 2.05) is 6.07 Å². The first kappa shape index (κ1) is 17.2. The number of nitrogens with one attached hydrogen (secondary N) is 1. The Morgan fingerprint density at radius 2 is 1.67 bits per heavy atom. The van der Waals surface area contributed by atoms with Crippen molar-refractivity contribution in [1.29, 1.82) is 0 Å². The first-order chi connectivity index (χ1) is 11.5. The van der Waals surface area contributed by atoms with E-state index in [4.69, 9.17) is 5.11 Å². The number of aromatic carboxylic acids is 1. The van der Waals surface area contributed by atoms with Crippen LogP contribution in [0.4, 0.5) is 5.69 Å². The summed E-state index contributed by atoms with van der Waals surface area (Å²) in [6.07, 6.45) is 0.819. The summed E-state index contributed by atoms with van der Waals surface area (Å²) < 4.78 is 0. The van der Waals surface area contributed by atoms with Crippen LogP contribution in [0.15, 0.2) is 48.5 Å². The number of aromatic hydroxyl groups is 1. The summed E-state index contributed by atoms with van der Waals surface area (Å²) >= 11 is 0. The third kappa shape index (κ3) is 4.67. The average molecular weight is 327 g/mol. The number of benzene rings is 2. The molecule has 0 aromatic heterocycles. The van der Waals surface area contributed by atoms with Crippen LogP contribution in [0.5, 0.6) is 5.75 Å². The highest BCUT2D eigenvalue weighted by Gasteiger charge is 2.11. The van der Waals surface area contributed by atoms with Crippen molar-refractivity contribution in [2.75, 3.05) is 5.32 Å². The SMILES string of the molecule is O=C(CCCC(=O)c1ccccc1)Nc1ccc(C(=O)O)c(O)c1. The molecule has 0 bridgehead atoms. The van der Waals surface area contributed by atoms with Crippen molar-refractivity contribution in [3.8, 4) is 5.75 Å². The van der Waals surface area contributed by atoms with Crippen molar-refractivity contribution in [2.45, 2.75) is 19.3 Å². The van der Waals surface area contributed by atoms with E-state index in [1.165, 1.54) is 18.2 Å². The fourth-order valence-electron chi connectivity index (χ4n) is 2.19. The van der Waals surface area contributed by atoms with Crippen LogP contribution in [0, 0.1) is 0 Å². The van der Waals surface area contributed by atoms with Crippen molar-refractivity contribution in [1.82, 2.24) is 0 Å². The van der Waals surface area contributed by atoms with Crippen molar-refractivity contribution >= 4 is 23.3 Å². The van der Waals surface area contributed by atoms with Crippen LogP contribution in [0.2, 0.25) is 0 Å². The van der Waals surface area contributed by atoms with Crippen LogP contribution in [0.25, 0.3) is 0 Å². The largest absolute Gasteiger partial charge is 0.507 e. The Morgan fingerprint density at radius 3 is 2.29 bits per heavy atom. The third-order valence-corrected chi connectivity index (χ3v) is 3.42. The smallest absolute Gasteiger partial charge is 0.339 e. The highest BCUT2D eigenvalue weighted by Crippen LogP contribution is 2.22. The molecule has 0 spiro atoms.